The van der Waals surface area contributed by atoms with Crippen LogP contribution in [0.15, 0.2) is 12.4 Å². The summed E-state index contributed by atoms with van der Waals surface area (Å²) in [5, 5.41) is 0. The van der Waals surface area contributed by atoms with Gasteiger partial charge in [-0.1, -0.05) is 0 Å². The molecule has 0 unspecified atom stereocenters. The third-order valence-corrected chi connectivity index (χ3v) is 2.91. The first-order valence-electron chi connectivity index (χ1n) is 4.87. The number of rotatable bonds is 5. The molecule has 1 aromatic heterocycles. The first-order chi connectivity index (χ1) is 6.90. The lowest BCUT2D eigenvalue weighted by molar-refractivity contribution is 0.480. The summed E-state index contributed by atoms with van der Waals surface area (Å²) in [5.74, 6) is 0.645. The highest BCUT2D eigenvalue weighted by molar-refractivity contribution is 7.85. The van der Waals surface area contributed by atoms with E-state index in [1.165, 1.54) is 0 Å². The largest absolute Gasteiger partial charge is 0.332 e. The Morgan fingerprint density at radius 1 is 1.53 bits per heavy atom. The van der Waals surface area contributed by atoms with E-state index in [9.17, 15) is 8.42 Å². The minimum Gasteiger partial charge on any atom is -0.332 e. The molecule has 0 atom stereocenters. The van der Waals surface area contributed by atoms with Crippen LogP contribution in [0.25, 0.3) is 0 Å². The zero-order valence-electron chi connectivity index (χ0n) is 8.92. The smallest absolute Gasteiger partial charge is 0.264 e. The number of hydrogen-bond donors (Lipinski definition) is 1. The Balaban J connectivity index is 2.54. The summed E-state index contributed by atoms with van der Waals surface area (Å²) in [4.78, 5) is 4.14. The average molecular weight is 232 g/mol. The molecule has 1 rings (SSSR count). The van der Waals surface area contributed by atoms with Crippen molar-refractivity contribution in [1.29, 1.82) is 0 Å². The number of nitrogens with zero attached hydrogens (tertiary/aromatic N) is 2. The van der Waals surface area contributed by atoms with Gasteiger partial charge in [0, 0.05) is 24.9 Å². The molecule has 0 amide bonds. The van der Waals surface area contributed by atoms with E-state index in [0.29, 0.717) is 18.9 Å². The molecule has 0 spiro atoms. The minimum absolute atomic E-state index is 0.210. The van der Waals surface area contributed by atoms with Crippen LogP contribution in [0.4, 0.5) is 0 Å². The predicted octanol–water partition coefficient (Wildman–Crippen LogP) is 1.28. The lowest BCUT2D eigenvalue weighted by Gasteiger charge is -2.10. The molecule has 1 N–H and O–H groups in total. The molecule has 0 bridgehead atoms. The van der Waals surface area contributed by atoms with Crippen LogP contribution in [0.5, 0.6) is 0 Å². The van der Waals surface area contributed by atoms with Crippen molar-refractivity contribution in [2.24, 2.45) is 0 Å². The van der Waals surface area contributed by atoms with Gasteiger partial charge in [0.05, 0.1) is 5.75 Å². The van der Waals surface area contributed by atoms with Gasteiger partial charge >= 0.3 is 0 Å². The maximum absolute atomic E-state index is 10.5. The summed E-state index contributed by atoms with van der Waals surface area (Å²) in [7, 11) is -3.85. The van der Waals surface area contributed by atoms with Crippen LogP contribution in [0.1, 0.15) is 32.1 Å². The fraction of sp³-hybridized carbons (Fsp3) is 0.667. The molecule has 6 heteroatoms. The Morgan fingerprint density at radius 2 is 2.20 bits per heavy atom. The van der Waals surface area contributed by atoms with E-state index < -0.39 is 10.1 Å². The van der Waals surface area contributed by atoms with Crippen LogP contribution in [0, 0.1) is 0 Å². The molecule has 0 aromatic carbocycles. The third kappa shape index (κ3) is 4.01. The number of aryl methyl sites for hydroxylation is 1. The van der Waals surface area contributed by atoms with Crippen LogP contribution >= 0.6 is 0 Å². The highest BCUT2D eigenvalue weighted by Gasteiger charge is 2.08. The van der Waals surface area contributed by atoms with Crippen LogP contribution in [-0.2, 0) is 16.5 Å². The lowest BCUT2D eigenvalue weighted by Crippen LogP contribution is -2.09. The lowest BCUT2D eigenvalue weighted by atomic mass is 10.3. The van der Waals surface area contributed by atoms with Crippen molar-refractivity contribution in [3.63, 3.8) is 0 Å². The Morgan fingerprint density at radius 3 is 2.73 bits per heavy atom. The topological polar surface area (TPSA) is 72.2 Å². The molecular weight excluding hydrogens is 216 g/mol. The molecule has 0 aliphatic carbocycles. The summed E-state index contributed by atoms with van der Waals surface area (Å²) in [5.41, 5.74) is 0. The van der Waals surface area contributed by atoms with Gasteiger partial charge in [-0.2, -0.15) is 8.42 Å². The number of imidazole rings is 1. The van der Waals surface area contributed by atoms with Crippen LogP contribution in [0.3, 0.4) is 0 Å². The standard InChI is InChI=1S/C9H16N2O3S/c1-8(2)11-6-5-10-9(11)4-3-7-15(12,13)14/h5-6,8H,3-4,7H2,1-2H3,(H,12,13,14). The van der Waals surface area contributed by atoms with E-state index >= 15 is 0 Å². The molecule has 15 heavy (non-hydrogen) atoms. The SMILES string of the molecule is CC(C)n1ccnc1CCCS(=O)(=O)O. The summed E-state index contributed by atoms with van der Waals surface area (Å²) < 4.78 is 31.6. The van der Waals surface area contributed by atoms with Gasteiger partial charge in [0.2, 0.25) is 0 Å². The van der Waals surface area contributed by atoms with Crippen molar-refractivity contribution in [2.45, 2.75) is 32.7 Å². The Hall–Kier alpha value is -0.880. The van der Waals surface area contributed by atoms with Crippen molar-refractivity contribution < 1.29 is 13.0 Å². The average Bonchev–Trinajstić information content (AvgIpc) is 2.49. The van der Waals surface area contributed by atoms with Gasteiger partial charge in [-0.3, -0.25) is 4.55 Å². The van der Waals surface area contributed by atoms with Gasteiger partial charge < -0.3 is 4.57 Å². The van der Waals surface area contributed by atoms with E-state index in [1.54, 1.807) is 6.20 Å². The first-order valence-corrected chi connectivity index (χ1v) is 6.48. The minimum atomic E-state index is -3.85. The maximum Gasteiger partial charge on any atom is 0.264 e. The quantitative estimate of drug-likeness (QED) is 0.776. The highest BCUT2D eigenvalue weighted by Crippen LogP contribution is 2.09. The Kier molecular flexibility index (Phi) is 3.87. The molecule has 0 saturated heterocycles. The molecule has 86 valence electrons. The van der Waals surface area contributed by atoms with Gasteiger partial charge in [0.15, 0.2) is 0 Å². The van der Waals surface area contributed by atoms with E-state index in [1.807, 2.05) is 24.6 Å². The first kappa shape index (κ1) is 12.2. The molecule has 1 aromatic rings. The molecule has 0 saturated carbocycles. The molecule has 0 radical (unpaired) electrons. The van der Waals surface area contributed by atoms with Crippen molar-refractivity contribution in [2.75, 3.05) is 5.75 Å². The maximum atomic E-state index is 10.5. The van der Waals surface area contributed by atoms with E-state index in [2.05, 4.69) is 4.98 Å². The predicted molar refractivity (Wildman–Crippen MR) is 57.3 cm³/mol. The van der Waals surface area contributed by atoms with E-state index in [-0.39, 0.29) is 5.75 Å². The second-order valence-electron chi connectivity index (χ2n) is 3.73. The third-order valence-electron chi connectivity index (χ3n) is 2.11. The summed E-state index contributed by atoms with van der Waals surface area (Å²) in [6, 6.07) is 0.313. The van der Waals surface area contributed by atoms with Gasteiger partial charge in [-0.05, 0) is 20.3 Å². The Bertz CT molecular complexity index is 409. The van der Waals surface area contributed by atoms with Gasteiger partial charge in [-0.25, -0.2) is 4.98 Å². The van der Waals surface area contributed by atoms with Crippen molar-refractivity contribution in [1.82, 2.24) is 9.55 Å². The van der Waals surface area contributed by atoms with Gasteiger partial charge in [0.1, 0.15) is 5.82 Å². The summed E-state index contributed by atoms with van der Waals surface area (Å²) in [6.07, 6.45) is 4.52. The van der Waals surface area contributed by atoms with Crippen molar-refractivity contribution in [3.8, 4) is 0 Å². The number of hydrogen-bond acceptors (Lipinski definition) is 3. The van der Waals surface area contributed by atoms with Crippen LogP contribution < -0.4 is 0 Å². The Labute approximate surface area is 89.9 Å². The summed E-state index contributed by atoms with van der Waals surface area (Å²) in [6.45, 7) is 4.07. The monoisotopic (exact) mass is 232 g/mol. The molecular formula is C9H16N2O3S. The molecule has 0 fully saturated rings. The second kappa shape index (κ2) is 4.76. The van der Waals surface area contributed by atoms with E-state index in [0.717, 1.165) is 5.82 Å². The highest BCUT2D eigenvalue weighted by atomic mass is 32.2. The summed E-state index contributed by atoms with van der Waals surface area (Å²) >= 11 is 0. The van der Waals surface area contributed by atoms with Crippen molar-refractivity contribution >= 4 is 10.1 Å². The fourth-order valence-electron chi connectivity index (χ4n) is 1.42. The van der Waals surface area contributed by atoms with E-state index in [4.69, 9.17) is 4.55 Å². The van der Waals surface area contributed by atoms with Crippen LogP contribution in [0.2, 0.25) is 0 Å². The zero-order valence-corrected chi connectivity index (χ0v) is 9.74. The molecule has 0 aliphatic heterocycles. The molecule has 1 heterocycles. The molecule has 5 nitrogen and oxygen atoms in total. The molecule has 0 aliphatic rings. The fourth-order valence-corrected chi connectivity index (χ4v) is 1.93. The van der Waals surface area contributed by atoms with Crippen LogP contribution in [-0.4, -0.2) is 28.3 Å². The number of aromatic nitrogens is 2. The zero-order chi connectivity index (χ0) is 11.5. The van der Waals surface area contributed by atoms with Gasteiger partial charge in [-0.15, -0.1) is 0 Å². The van der Waals surface area contributed by atoms with Gasteiger partial charge in [0.25, 0.3) is 10.1 Å². The second-order valence-corrected chi connectivity index (χ2v) is 5.31. The normalized spacial score (nSPS) is 12.3. The van der Waals surface area contributed by atoms with Crippen molar-refractivity contribution in [3.05, 3.63) is 18.2 Å².